The second-order valence-electron chi connectivity index (χ2n) is 5.61. The lowest BCUT2D eigenvalue weighted by Gasteiger charge is -2.12. The third kappa shape index (κ3) is 11.9. The first-order valence-corrected chi connectivity index (χ1v) is 8.14. The van der Waals surface area contributed by atoms with Gasteiger partial charge in [-0.15, -0.1) is 24.0 Å². The van der Waals surface area contributed by atoms with Crippen LogP contribution < -0.4 is 15.4 Å². The molecule has 144 valence electrons. The summed E-state index contributed by atoms with van der Waals surface area (Å²) in [5, 5.41) is 5.98. The molecule has 1 rings (SSSR count). The van der Waals surface area contributed by atoms with Gasteiger partial charge in [0.05, 0.1) is 19.1 Å². The van der Waals surface area contributed by atoms with Crippen LogP contribution in [-0.2, 0) is 6.42 Å². The fourth-order valence-electron chi connectivity index (χ4n) is 1.97. The molecule has 2 N–H and O–H groups in total. The molecule has 0 spiro atoms. The number of hydrogen-bond donors (Lipinski definition) is 2. The van der Waals surface area contributed by atoms with E-state index in [-0.39, 0.29) is 36.6 Å². The van der Waals surface area contributed by atoms with Crippen molar-refractivity contribution >= 4 is 29.9 Å². The van der Waals surface area contributed by atoms with Gasteiger partial charge in [-0.1, -0.05) is 12.1 Å². The van der Waals surface area contributed by atoms with Crippen LogP contribution >= 0.6 is 24.0 Å². The minimum atomic E-state index is -4.18. The molecule has 0 aliphatic carbocycles. The van der Waals surface area contributed by atoms with Gasteiger partial charge < -0.3 is 15.4 Å². The maximum atomic E-state index is 12.2. The minimum Gasteiger partial charge on any atom is -0.491 e. The first-order valence-electron chi connectivity index (χ1n) is 8.14. The summed E-state index contributed by atoms with van der Waals surface area (Å²) in [6.45, 7) is 6.71. The lowest BCUT2D eigenvalue weighted by Crippen LogP contribution is -2.38. The quantitative estimate of drug-likeness (QED) is 0.339. The van der Waals surface area contributed by atoms with Gasteiger partial charge in [-0.05, 0) is 44.9 Å². The van der Waals surface area contributed by atoms with Gasteiger partial charge in [-0.2, -0.15) is 13.2 Å². The number of rotatable bonds is 8. The highest BCUT2D eigenvalue weighted by molar-refractivity contribution is 14.0. The molecule has 0 bridgehead atoms. The standard InChI is InChI=1S/C17H26F3N3O.HI/c1-4-21-16(23-12-10-17(18,19)20)22-11-9-14-5-7-15(8-6-14)24-13(2)3;/h5-8,13H,4,9-12H2,1-3H3,(H2,21,22,23);1H. The monoisotopic (exact) mass is 473 g/mol. The molecule has 0 amide bonds. The molecule has 1 aromatic carbocycles. The smallest absolute Gasteiger partial charge is 0.390 e. The zero-order valence-electron chi connectivity index (χ0n) is 14.8. The van der Waals surface area contributed by atoms with Crippen molar-refractivity contribution in [3.63, 3.8) is 0 Å². The van der Waals surface area contributed by atoms with Crippen molar-refractivity contribution in [2.75, 3.05) is 19.6 Å². The molecule has 25 heavy (non-hydrogen) atoms. The van der Waals surface area contributed by atoms with Crippen molar-refractivity contribution in [2.45, 2.75) is 45.9 Å². The lowest BCUT2D eigenvalue weighted by molar-refractivity contribution is -0.132. The zero-order chi connectivity index (χ0) is 18.0. The number of aliphatic imine (C=N–C) groups is 1. The number of nitrogens with one attached hydrogen (secondary N) is 2. The van der Waals surface area contributed by atoms with Gasteiger partial charge in [0.2, 0.25) is 0 Å². The van der Waals surface area contributed by atoms with Crippen molar-refractivity contribution in [1.82, 2.24) is 10.6 Å². The predicted molar refractivity (Wildman–Crippen MR) is 106 cm³/mol. The van der Waals surface area contributed by atoms with Crippen molar-refractivity contribution in [3.8, 4) is 5.75 Å². The number of halogens is 4. The zero-order valence-corrected chi connectivity index (χ0v) is 17.2. The van der Waals surface area contributed by atoms with Gasteiger partial charge in [0.15, 0.2) is 5.96 Å². The molecule has 0 aromatic heterocycles. The number of hydrogen-bond acceptors (Lipinski definition) is 2. The van der Waals surface area contributed by atoms with Crippen LogP contribution in [0.1, 0.15) is 32.8 Å². The number of guanidine groups is 1. The second-order valence-corrected chi connectivity index (χ2v) is 5.61. The van der Waals surface area contributed by atoms with Crippen LogP contribution in [0.25, 0.3) is 0 Å². The minimum absolute atomic E-state index is 0. The van der Waals surface area contributed by atoms with Crippen molar-refractivity contribution in [1.29, 1.82) is 0 Å². The normalized spacial score (nSPS) is 11.9. The summed E-state index contributed by atoms with van der Waals surface area (Å²) in [5.74, 6) is 1.23. The Morgan fingerprint density at radius 3 is 2.32 bits per heavy atom. The van der Waals surface area contributed by atoms with Gasteiger partial charge in [0.1, 0.15) is 5.75 Å². The Hall–Kier alpha value is -1.19. The first-order chi connectivity index (χ1) is 11.3. The highest BCUT2D eigenvalue weighted by atomic mass is 127. The lowest BCUT2D eigenvalue weighted by atomic mass is 10.1. The summed E-state index contributed by atoms with van der Waals surface area (Å²) in [5.41, 5.74) is 1.12. The van der Waals surface area contributed by atoms with Crippen LogP contribution in [0.3, 0.4) is 0 Å². The first kappa shape index (κ1) is 23.8. The predicted octanol–water partition coefficient (Wildman–Crippen LogP) is 4.14. The average Bonchev–Trinajstić information content (AvgIpc) is 2.47. The molecule has 0 saturated heterocycles. The van der Waals surface area contributed by atoms with E-state index in [9.17, 15) is 13.2 Å². The van der Waals surface area contributed by atoms with E-state index in [0.717, 1.165) is 17.7 Å². The number of alkyl halides is 3. The van der Waals surface area contributed by atoms with Crippen LogP contribution in [0.5, 0.6) is 5.75 Å². The molecule has 1 aromatic rings. The van der Waals surface area contributed by atoms with E-state index in [0.29, 0.717) is 19.0 Å². The molecule has 0 heterocycles. The molecular weight excluding hydrogens is 446 g/mol. The maximum Gasteiger partial charge on any atom is 0.390 e. The summed E-state index contributed by atoms with van der Waals surface area (Å²) < 4.78 is 42.0. The summed E-state index contributed by atoms with van der Waals surface area (Å²) in [6, 6.07) is 7.79. The van der Waals surface area contributed by atoms with E-state index >= 15 is 0 Å². The molecule has 0 unspecified atom stereocenters. The largest absolute Gasteiger partial charge is 0.491 e. The Kier molecular flexibility index (Phi) is 11.6. The van der Waals surface area contributed by atoms with E-state index in [1.54, 1.807) is 0 Å². The van der Waals surface area contributed by atoms with Crippen LogP contribution in [0.2, 0.25) is 0 Å². The van der Waals surface area contributed by atoms with Crippen LogP contribution in [0.4, 0.5) is 13.2 Å². The van der Waals surface area contributed by atoms with Crippen molar-refractivity contribution in [3.05, 3.63) is 29.8 Å². The Bertz CT molecular complexity index is 505. The topological polar surface area (TPSA) is 45.7 Å². The van der Waals surface area contributed by atoms with Crippen molar-refractivity contribution < 1.29 is 17.9 Å². The van der Waals surface area contributed by atoms with Gasteiger partial charge in [-0.3, -0.25) is 4.99 Å². The molecular formula is C17H27F3IN3O. The van der Waals surface area contributed by atoms with E-state index in [2.05, 4.69) is 15.6 Å². The highest BCUT2D eigenvalue weighted by Crippen LogP contribution is 2.18. The Morgan fingerprint density at radius 1 is 1.16 bits per heavy atom. The number of benzene rings is 1. The Balaban J connectivity index is 0.00000576. The number of ether oxygens (including phenoxy) is 1. The van der Waals surface area contributed by atoms with Gasteiger partial charge in [0.25, 0.3) is 0 Å². The van der Waals surface area contributed by atoms with E-state index < -0.39 is 12.6 Å². The molecule has 0 aliphatic rings. The van der Waals surface area contributed by atoms with Gasteiger partial charge in [-0.25, -0.2) is 0 Å². The van der Waals surface area contributed by atoms with Crippen LogP contribution in [0, 0.1) is 0 Å². The van der Waals surface area contributed by atoms with E-state index in [4.69, 9.17) is 4.74 Å². The molecule has 0 fully saturated rings. The summed E-state index contributed by atoms with van der Waals surface area (Å²) in [7, 11) is 0. The second kappa shape index (κ2) is 12.2. The average molecular weight is 473 g/mol. The third-order valence-corrected chi connectivity index (χ3v) is 3.01. The SMILES string of the molecule is CCNC(=NCCC(F)(F)F)NCCc1ccc(OC(C)C)cc1.I. The summed E-state index contributed by atoms with van der Waals surface area (Å²) in [6.07, 6.45) is -4.22. The van der Waals surface area contributed by atoms with Crippen molar-refractivity contribution in [2.24, 2.45) is 4.99 Å². The maximum absolute atomic E-state index is 12.2. The van der Waals surface area contributed by atoms with Gasteiger partial charge >= 0.3 is 6.18 Å². The molecule has 4 nitrogen and oxygen atoms in total. The molecule has 8 heteroatoms. The molecule has 0 atom stereocenters. The molecule has 0 saturated carbocycles. The number of nitrogens with zero attached hydrogens (tertiary/aromatic N) is 1. The fourth-order valence-corrected chi connectivity index (χ4v) is 1.97. The summed E-state index contributed by atoms with van der Waals surface area (Å²) >= 11 is 0. The van der Waals surface area contributed by atoms with E-state index in [1.807, 2.05) is 45.0 Å². The van der Waals surface area contributed by atoms with Crippen LogP contribution in [-0.4, -0.2) is 37.9 Å². The molecule has 0 aliphatic heterocycles. The van der Waals surface area contributed by atoms with Crippen LogP contribution in [0.15, 0.2) is 29.3 Å². The van der Waals surface area contributed by atoms with Gasteiger partial charge in [0, 0.05) is 13.1 Å². The third-order valence-electron chi connectivity index (χ3n) is 3.01. The Morgan fingerprint density at radius 2 is 1.80 bits per heavy atom. The Labute approximate surface area is 164 Å². The van der Waals surface area contributed by atoms with E-state index in [1.165, 1.54) is 0 Å². The summed E-state index contributed by atoms with van der Waals surface area (Å²) in [4.78, 5) is 3.93. The molecule has 0 radical (unpaired) electrons. The highest BCUT2D eigenvalue weighted by Gasteiger charge is 2.26. The fraction of sp³-hybridized carbons (Fsp3) is 0.588.